The molecule has 5 N–H and O–H groups in total. The summed E-state index contributed by atoms with van der Waals surface area (Å²) in [7, 11) is 0. The molecule has 1 heterocycles. The number of hydrogen-bond acceptors (Lipinski definition) is 4. The molecule has 2 aromatic rings. The van der Waals surface area contributed by atoms with Crippen molar-refractivity contribution in [1.82, 2.24) is 4.90 Å². The van der Waals surface area contributed by atoms with Gasteiger partial charge in [0.2, 0.25) is 0 Å². The number of nitrogens with one attached hydrogen (secondary N) is 1. The normalized spacial score (nSPS) is 12.9. The van der Waals surface area contributed by atoms with Crippen LogP contribution in [0.4, 0.5) is 13.2 Å². The number of carboxylic acid groups (broad SMARTS) is 2. The Morgan fingerprint density at radius 2 is 1.67 bits per heavy atom. The predicted molar refractivity (Wildman–Crippen MR) is 112 cm³/mol. The number of amides is 1. The fourth-order valence-corrected chi connectivity index (χ4v) is 3.24. The molecule has 0 bridgehead atoms. The highest BCUT2D eigenvalue weighted by Gasteiger charge is 2.38. The van der Waals surface area contributed by atoms with Crippen LogP contribution < -0.4 is 5.73 Å². The number of carboxylic acids is 2. The van der Waals surface area contributed by atoms with Crippen LogP contribution in [0, 0.1) is 5.41 Å². The smallest absolute Gasteiger partial charge is 0.480 e. The number of hydrogen-bond donors (Lipinski definition) is 4. The lowest BCUT2D eigenvalue weighted by atomic mass is 9.94. The molecule has 0 spiro atoms. The van der Waals surface area contributed by atoms with Gasteiger partial charge in [-0.25, -0.2) is 4.79 Å². The zero-order valence-corrected chi connectivity index (χ0v) is 17.4. The lowest BCUT2D eigenvalue weighted by Gasteiger charge is -2.27. The number of amidine groups is 1. The van der Waals surface area contributed by atoms with Crippen molar-refractivity contribution in [3.63, 3.8) is 0 Å². The first-order valence-corrected chi connectivity index (χ1v) is 9.74. The summed E-state index contributed by atoms with van der Waals surface area (Å²) in [4.78, 5) is 33.5. The van der Waals surface area contributed by atoms with Gasteiger partial charge in [-0.3, -0.25) is 15.0 Å². The number of fused-ring (bicyclic) bond motifs is 1. The molecule has 0 saturated heterocycles. The summed E-state index contributed by atoms with van der Waals surface area (Å²) < 4.78 is 31.7. The Balaban J connectivity index is 0.000000479. The number of benzene rings is 2. The molecule has 0 fully saturated rings. The van der Waals surface area contributed by atoms with E-state index in [9.17, 15) is 22.8 Å². The van der Waals surface area contributed by atoms with Crippen LogP contribution in [0.25, 0.3) is 0 Å². The van der Waals surface area contributed by atoms with Crippen LogP contribution in [-0.4, -0.2) is 58.1 Å². The maximum Gasteiger partial charge on any atom is 0.490 e. The van der Waals surface area contributed by atoms with Crippen LogP contribution in [0.2, 0.25) is 0 Å². The second kappa shape index (κ2) is 10.6. The molecule has 0 unspecified atom stereocenters. The van der Waals surface area contributed by atoms with E-state index in [1.165, 1.54) is 4.90 Å². The molecule has 0 radical (unpaired) electrons. The van der Waals surface area contributed by atoms with Crippen molar-refractivity contribution in [1.29, 1.82) is 5.41 Å². The van der Waals surface area contributed by atoms with E-state index < -0.39 is 18.1 Å². The summed E-state index contributed by atoms with van der Waals surface area (Å²) >= 11 is 0. The number of nitrogens with two attached hydrogens (primary N) is 1. The van der Waals surface area contributed by atoms with Gasteiger partial charge in [0.25, 0.3) is 5.91 Å². The molecular formula is C22H22F3N3O5. The molecule has 0 atom stereocenters. The van der Waals surface area contributed by atoms with E-state index in [-0.39, 0.29) is 18.3 Å². The topological polar surface area (TPSA) is 145 Å². The van der Waals surface area contributed by atoms with Gasteiger partial charge in [0.1, 0.15) is 12.4 Å². The fourth-order valence-electron chi connectivity index (χ4n) is 3.24. The minimum atomic E-state index is -5.08. The summed E-state index contributed by atoms with van der Waals surface area (Å²) in [6.07, 6.45) is -2.78. The van der Waals surface area contributed by atoms with Crippen molar-refractivity contribution in [2.45, 2.75) is 25.4 Å². The van der Waals surface area contributed by atoms with Gasteiger partial charge in [-0.15, -0.1) is 0 Å². The van der Waals surface area contributed by atoms with Crippen LogP contribution in [0.3, 0.4) is 0 Å². The third-order valence-corrected chi connectivity index (χ3v) is 4.85. The van der Waals surface area contributed by atoms with Crippen LogP contribution in [0.1, 0.15) is 32.6 Å². The number of carbonyl (C=O) groups excluding carboxylic acids is 1. The number of nitrogens with zero attached hydrogens (tertiary/aromatic N) is 1. The number of aryl methyl sites for hydroxylation is 2. The molecule has 0 saturated carbocycles. The van der Waals surface area contributed by atoms with E-state index in [0.717, 1.165) is 35.1 Å². The maximum atomic E-state index is 12.4. The van der Waals surface area contributed by atoms with Gasteiger partial charge in [0.15, 0.2) is 0 Å². The van der Waals surface area contributed by atoms with Crippen LogP contribution >= 0.6 is 0 Å². The van der Waals surface area contributed by atoms with E-state index in [4.69, 9.17) is 26.2 Å². The van der Waals surface area contributed by atoms with Gasteiger partial charge in [0.05, 0.1) is 0 Å². The summed E-state index contributed by atoms with van der Waals surface area (Å²) in [5, 5.41) is 23.5. The van der Waals surface area contributed by atoms with E-state index >= 15 is 0 Å². The summed E-state index contributed by atoms with van der Waals surface area (Å²) in [6.45, 7) is 0.175. The van der Waals surface area contributed by atoms with E-state index in [0.29, 0.717) is 18.5 Å². The number of carbonyl (C=O) groups is 3. The third-order valence-electron chi connectivity index (χ3n) is 4.85. The van der Waals surface area contributed by atoms with E-state index in [1.807, 2.05) is 36.4 Å². The Bertz CT molecular complexity index is 1070. The number of halogens is 3. The predicted octanol–water partition coefficient (Wildman–Crippen LogP) is 2.47. The van der Waals surface area contributed by atoms with Gasteiger partial charge in [-0.1, -0.05) is 30.3 Å². The third kappa shape index (κ3) is 7.34. The zero-order chi connectivity index (χ0) is 24.8. The second-order valence-corrected chi connectivity index (χ2v) is 7.28. The first-order chi connectivity index (χ1) is 15.4. The first kappa shape index (κ1) is 25.4. The van der Waals surface area contributed by atoms with Gasteiger partial charge >= 0.3 is 18.1 Å². The minimum Gasteiger partial charge on any atom is -0.480 e. The van der Waals surface area contributed by atoms with Crippen LogP contribution in [0.5, 0.6) is 0 Å². The van der Waals surface area contributed by atoms with E-state index in [1.54, 1.807) is 6.07 Å². The standard InChI is InChI=1S/C20H21N3O3.C2HF3O2/c21-19(22)16-3-1-2-13(11-16)4-5-14-6-7-17-15(10-14)8-9-23(20(17)26)12-18(24)25;3-2(4,5)1(6)7/h1-3,6-7,10-11H,4-5,8-9,12H2,(H3,21,22)(H,24,25);(H,6,7). The summed E-state index contributed by atoms with van der Waals surface area (Å²) in [5.41, 5.74) is 10.1. The highest BCUT2D eigenvalue weighted by molar-refractivity contribution is 5.98. The average molecular weight is 465 g/mol. The van der Waals surface area contributed by atoms with Crippen molar-refractivity contribution in [2.75, 3.05) is 13.1 Å². The van der Waals surface area contributed by atoms with Crippen molar-refractivity contribution in [2.24, 2.45) is 5.73 Å². The molecule has 0 aromatic heterocycles. The van der Waals surface area contributed by atoms with Crippen LogP contribution in [-0.2, 0) is 28.9 Å². The van der Waals surface area contributed by atoms with Crippen molar-refractivity contribution >= 4 is 23.7 Å². The highest BCUT2D eigenvalue weighted by Crippen LogP contribution is 2.21. The second-order valence-electron chi connectivity index (χ2n) is 7.28. The van der Waals surface area contributed by atoms with E-state index in [2.05, 4.69) is 0 Å². The fraction of sp³-hybridized carbons (Fsp3) is 0.273. The van der Waals surface area contributed by atoms with Gasteiger partial charge in [-0.2, -0.15) is 13.2 Å². The first-order valence-electron chi connectivity index (χ1n) is 9.74. The van der Waals surface area contributed by atoms with Crippen LogP contribution in [0.15, 0.2) is 42.5 Å². The largest absolute Gasteiger partial charge is 0.490 e. The van der Waals surface area contributed by atoms with Crippen molar-refractivity contribution < 1.29 is 37.8 Å². The molecule has 3 rings (SSSR count). The number of nitrogen functional groups attached to an aromatic ring is 1. The Labute approximate surface area is 186 Å². The lowest BCUT2D eigenvalue weighted by Crippen LogP contribution is -2.40. The molecule has 1 amide bonds. The van der Waals surface area contributed by atoms with Crippen molar-refractivity contribution in [3.8, 4) is 0 Å². The molecule has 33 heavy (non-hydrogen) atoms. The Hall–Kier alpha value is -3.89. The molecule has 176 valence electrons. The number of aliphatic carboxylic acids is 2. The number of alkyl halides is 3. The molecule has 1 aliphatic heterocycles. The molecule has 0 aliphatic carbocycles. The monoisotopic (exact) mass is 465 g/mol. The quantitative estimate of drug-likeness (QED) is 0.381. The lowest BCUT2D eigenvalue weighted by molar-refractivity contribution is -0.192. The Kier molecular flexibility index (Phi) is 8.16. The van der Waals surface area contributed by atoms with Crippen molar-refractivity contribution in [3.05, 3.63) is 70.3 Å². The highest BCUT2D eigenvalue weighted by atomic mass is 19.4. The van der Waals surface area contributed by atoms with Gasteiger partial charge in [-0.05, 0) is 48.1 Å². The maximum absolute atomic E-state index is 12.4. The summed E-state index contributed by atoms with van der Waals surface area (Å²) in [6, 6.07) is 13.4. The van der Waals surface area contributed by atoms with Gasteiger partial charge < -0.3 is 20.8 Å². The molecule has 8 nitrogen and oxygen atoms in total. The van der Waals surface area contributed by atoms with Gasteiger partial charge in [0, 0.05) is 17.7 Å². The summed E-state index contributed by atoms with van der Waals surface area (Å²) in [5.74, 6) is -3.90. The molecular weight excluding hydrogens is 443 g/mol. The Morgan fingerprint density at radius 1 is 1.06 bits per heavy atom. The minimum absolute atomic E-state index is 0.0602. The molecule has 2 aromatic carbocycles. The number of rotatable bonds is 6. The molecule has 1 aliphatic rings. The SMILES string of the molecule is N=C(N)c1cccc(CCc2ccc3c(c2)CCN(CC(=O)O)C3=O)c1.O=C(O)C(F)(F)F. The molecule has 11 heteroatoms. The average Bonchev–Trinajstić information content (AvgIpc) is 2.74. The zero-order valence-electron chi connectivity index (χ0n) is 17.4. The Morgan fingerprint density at radius 3 is 2.21 bits per heavy atom.